The van der Waals surface area contributed by atoms with Gasteiger partial charge in [-0.15, -0.1) is 6.58 Å². The summed E-state index contributed by atoms with van der Waals surface area (Å²) in [7, 11) is 0. The summed E-state index contributed by atoms with van der Waals surface area (Å²) in [6, 6.07) is 7.77. The summed E-state index contributed by atoms with van der Waals surface area (Å²) < 4.78 is 5.51. The number of amides is 1. The van der Waals surface area contributed by atoms with E-state index >= 15 is 0 Å². The van der Waals surface area contributed by atoms with Crippen LogP contribution in [0, 0.1) is 0 Å². The van der Waals surface area contributed by atoms with E-state index in [-0.39, 0.29) is 12.5 Å². The zero-order chi connectivity index (χ0) is 14.8. The molecular weight excluding hydrogens is 252 g/mol. The van der Waals surface area contributed by atoms with Gasteiger partial charge in [-0.2, -0.15) is 0 Å². The van der Waals surface area contributed by atoms with Crippen molar-refractivity contribution in [1.82, 2.24) is 10.2 Å². The number of carbonyl (C=O) groups excluding carboxylic acids is 1. The van der Waals surface area contributed by atoms with Crippen molar-refractivity contribution in [2.24, 2.45) is 0 Å². The lowest BCUT2D eigenvalue weighted by molar-refractivity contribution is -0.132. The van der Waals surface area contributed by atoms with E-state index in [0.717, 1.165) is 18.8 Å². The number of nitrogens with zero attached hydrogens (tertiary/aromatic N) is 1. The van der Waals surface area contributed by atoms with Gasteiger partial charge < -0.3 is 15.0 Å². The number of ether oxygens (including phenoxy) is 1. The smallest absolute Gasteiger partial charge is 0.260 e. The van der Waals surface area contributed by atoms with E-state index in [9.17, 15) is 4.79 Å². The van der Waals surface area contributed by atoms with E-state index in [0.29, 0.717) is 13.1 Å². The Labute approximate surface area is 121 Å². The molecule has 0 atom stereocenters. The normalized spacial score (nSPS) is 10.1. The molecule has 0 radical (unpaired) electrons. The summed E-state index contributed by atoms with van der Waals surface area (Å²) in [5.74, 6) is 0.740. The highest BCUT2D eigenvalue weighted by molar-refractivity contribution is 5.77. The standard InChI is InChI=1S/C16H24N2O2/c1-4-11-17-12-14-7-9-15(10-8-14)20-13-16(19)18(5-2)6-3/h4,7-10,17H,1,5-6,11-13H2,2-3H3. The van der Waals surface area contributed by atoms with Gasteiger partial charge in [0.1, 0.15) is 5.75 Å². The number of hydrogen-bond acceptors (Lipinski definition) is 3. The molecule has 1 rings (SSSR count). The molecule has 0 unspecified atom stereocenters. The van der Waals surface area contributed by atoms with Gasteiger partial charge in [0, 0.05) is 26.2 Å². The predicted octanol–water partition coefficient (Wildman–Crippen LogP) is 2.21. The van der Waals surface area contributed by atoms with Crippen molar-refractivity contribution in [3.8, 4) is 5.75 Å². The van der Waals surface area contributed by atoms with Gasteiger partial charge in [0.15, 0.2) is 6.61 Å². The van der Waals surface area contributed by atoms with Crippen LogP contribution >= 0.6 is 0 Å². The fourth-order valence-corrected chi connectivity index (χ4v) is 1.83. The van der Waals surface area contributed by atoms with E-state index in [1.54, 1.807) is 4.90 Å². The number of nitrogens with one attached hydrogen (secondary N) is 1. The molecule has 0 aromatic heterocycles. The molecule has 1 N–H and O–H groups in total. The van der Waals surface area contributed by atoms with Crippen LogP contribution in [0.2, 0.25) is 0 Å². The largest absolute Gasteiger partial charge is 0.484 e. The molecule has 4 nitrogen and oxygen atoms in total. The molecule has 0 heterocycles. The number of carbonyl (C=O) groups is 1. The van der Waals surface area contributed by atoms with Gasteiger partial charge in [0.05, 0.1) is 0 Å². The Balaban J connectivity index is 2.41. The molecular formula is C16H24N2O2. The van der Waals surface area contributed by atoms with Gasteiger partial charge in [0.25, 0.3) is 5.91 Å². The molecule has 0 aliphatic rings. The van der Waals surface area contributed by atoms with Crippen LogP contribution in [0.25, 0.3) is 0 Å². The molecule has 1 aromatic carbocycles. The van der Waals surface area contributed by atoms with Gasteiger partial charge >= 0.3 is 0 Å². The minimum Gasteiger partial charge on any atom is -0.484 e. The molecule has 1 aromatic rings. The highest BCUT2D eigenvalue weighted by Crippen LogP contribution is 2.12. The Morgan fingerprint density at radius 2 is 1.95 bits per heavy atom. The van der Waals surface area contributed by atoms with Crippen LogP contribution in [0.15, 0.2) is 36.9 Å². The van der Waals surface area contributed by atoms with Crippen LogP contribution in [0.3, 0.4) is 0 Å². The number of likely N-dealkylation sites (N-methyl/N-ethyl adjacent to an activating group) is 1. The third-order valence-electron chi connectivity index (χ3n) is 3.02. The van der Waals surface area contributed by atoms with Crippen molar-refractivity contribution in [3.05, 3.63) is 42.5 Å². The predicted molar refractivity (Wildman–Crippen MR) is 81.8 cm³/mol. The summed E-state index contributed by atoms with van der Waals surface area (Å²) in [5.41, 5.74) is 1.18. The number of rotatable bonds is 9. The quantitative estimate of drug-likeness (QED) is 0.555. The molecule has 0 saturated carbocycles. The fraction of sp³-hybridized carbons (Fsp3) is 0.438. The van der Waals surface area contributed by atoms with Crippen molar-refractivity contribution in [2.75, 3.05) is 26.2 Å². The molecule has 20 heavy (non-hydrogen) atoms. The highest BCUT2D eigenvalue weighted by Gasteiger charge is 2.09. The molecule has 0 bridgehead atoms. The van der Waals surface area contributed by atoms with E-state index in [4.69, 9.17) is 4.74 Å². The lowest BCUT2D eigenvalue weighted by Gasteiger charge is -2.18. The average Bonchev–Trinajstić information content (AvgIpc) is 2.48. The Morgan fingerprint density at radius 1 is 1.30 bits per heavy atom. The Kier molecular flexibility index (Phi) is 7.43. The van der Waals surface area contributed by atoms with E-state index < -0.39 is 0 Å². The third kappa shape index (κ3) is 5.45. The minimum absolute atomic E-state index is 0.0201. The lowest BCUT2D eigenvalue weighted by atomic mass is 10.2. The lowest BCUT2D eigenvalue weighted by Crippen LogP contribution is -2.34. The zero-order valence-corrected chi connectivity index (χ0v) is 12.4. The molecule has 0 spiro atoms. The molecule has 1 amide bonds. The summed E-state index contributed by atoms with van der Waals surface area (Å²) >= 11 is 0. The van der Waals surface area contributed by atoms with Crippen LogP contribution < -0.4 is 10.1 Å². The van der Waals surface area contributed by atoms with Gasteiger partial charge in [-0.1, -0.05) is 18.2 Å². The summed E-state index contributed by atoms with van der Waals surface area (Å²) in [6.07, 6.45) is 1.83. The first kappa shape index (κ1) is 16.2. The third-order valence-corrected chi connectivity index (χ3v) is 3.02. The SMILES string of the molecule is C=CCNCc1ccc(OCC(=O)N(CC)CC)cc1. The van der Waals surface area contributed by atoms with Crippen LogP contribution in [0.5, 0.6) is 5.75 Å². The molecule has 0 aliphatic heterocycles. The summed E-state index contributed by atoms with van der Waals surface area (Å²) in [5, 5.41) is 3.23. The van der Waals surface area contributed by atoms with Crippen LogP contribution in [0.4, 0.5) is 0 Å². The zero-order valence-electron chi connectivity index (χ0n) is 12.4. The molecule has 0 fully saturated rings. The molecule has 110 valence electrons. The first-order valence-corrected chi connectivity index (χ1v) is 7.02. The second-order valence-corrected chi connectivity index (χ2v) is 4.42. The van der Waals surface area contributed by atoms with Crippen LogP contribution in [-0.2, 0) is 11.3 Å². The molecule has 4 heteroatoms. The van der Waals surface area contributed by atoms with Crippen molar-refractivity contribution < 1.29 is 9.53 Å². The first-order chi connectivity index (χ1) is 9.71. The molecule has 0 aliphatic carbocycles. The maximum Gasteiger partial charge on any atom is 0.260 e. The van der Waals surface area contributed by atoms with Crippen LogP contribution in [0.1, 0.15) is 19.4 Å². The summed E-state index contributed by atoms with van der Waals surface area (Å²) in [4.78, 5) is 13.6. The van der Waals surface area contributed by atoms with E-state index in [1.165, 1.54) is 5.56 Å². The monoisotopic (exact) mass is 276 g/mol. The Hall–Kier alpha value is -1.81. The van der Waals surface area contributed by atoms with Gasteiger partial charge in [-0.25, -0.2) is 0 Å². The van der Waals surface area contributed by atoms with Crippen molar-refractivity contribution in [2.45, 2.75) is 20.4 Å². The van der Waals surface area contributed by atoms with Crippen LogP contribution in [-0.4, -0.2) is 37.0 Å². The summed E-state index contributed by atoms with van der Waals surface area (Å²) in [6.45, 7) is 10.7. The highest BCUT2D eigenvalue weighted by atomic mass is 16.5. The van der Waals surface area contributed by atoms with Gasteiger partial charge in [0.2, 0.25) is 0 Å². The Morgan fingerprint density at radius 3 is 2.50 bits per heavy atom. The maximum atomic E-state index is 11.8. The second-order valence-electron chi connectivity index (χ2n) is 4.42. The number of hydrogen-bond donors (Lipinski definition) is 1. The van der Waals surface area contributed by atoms with Gasteiger partial charge in [-0.05, 0) is 31.5 Å². The number of benzene rings is 1. The fourth-order valence-electron chi connectivity index (χ4n) is 1.83. The molecule has 0 saturated heterocycles. The topological polar surface area (TPSA) is 41.6 Å². The van der Waals surface area contributed by atoms with Crippen molar-refractivity contribution in [3.63, 3.8) is 0 Å². The maximum absolute atomic E-state index is 11.8. The second kappa shape index (κ2) is 9.15. The van der Waals surface area contributed by atoms with E-state index in [2.05, 4.69) is 11.9 Å². The minimum atomic E-state index is 0.0201. The van der Waals surface area contributed by atoms with E-state index in [1.807, 2.05) is 44.2 Å². The van der Waals surface area contributed by atoms with Gasteiger partial charge in [-0.3, -0.25) is 4.79 Å². The van der Waals surface area contributed by atoms with Crippen molar-refractivity contribution >= 4 is 5.91 Å². The average molecular weight is 276 g/mol. The van der Waals surface area contributed by atoms with Crippen molar-refractivity contribution in [1.29, 1.82) is 0 Å². The Bertz CT molecular complexity index is 411. The first-order valence-electron chi connectivity index (χ1n) is 7.02.